The maximum atomic E-state index is 12.0. The zero-order chi connectivity index (χ0) is 10.1. The largest absolute Gasteiger partial charge is 0.431 e. The van der Waals surface area contributed by atoms with E-state index in [0.29, 0.717) is 18.1 Å². The molecule has 0 bridgehead atoms. The van der Waals surface area contributed by atoms with Gasteiger partial charge in [-0.15, -0.1) is 0 Å². The number of halogens is 3. The van der Waals surface area contributed by atoms with E-state index in [-0.39, 0.29) is 0 Å². The van der Waals surface area contributed by atoms with Crippen LogP contribution in [0.1, 0.15) is 18.2 Å². The van der Waals surface area contributed by atoms with Gasteiger partial charge >= 0.3 is 6.18 Å². The molecule has 0 fully saturated rings. The first kappa shape index (κ1) is 9.83. The molecule has 0 aliphatic heterocycles. The molecule has 0 spiro atoms. The highest BCUT2D eigenvalue weighted by molar-refractivity contribution is 5.16. The van der Waals surface area contributed by atoms with Gasteiger partial charge in [0.05, 0.1) is 0 Å². The Morgan fingerprint density at radius 3 is 2.46 bits per heavy atom. The Hall–Kier alpha value is -1.26. The van der Waals surface area contributed by atoms with Crippen molar-refractivity contribution in [2.75, 3.05) is 0 Å². The van der Waals surface area contributed by atoms with E-state index in [9.17, 15) is 18.0 Å². The second-order valence-corrected chi connectivity index (χ2v) is 2.59. The Kier molecular flexibility index (Phi) is 2.45. The molecular formula is C8H8F3NO. The summed E-state index contributed by atoms with van der Waals surface area (Å²) < 4.78 is 36.1. The van der Waals surface area contributed by atoms with E-state index in [4.69, 9.17) is 0 Å². The van der Waals surface area contributed by atoms with E-state index >= 15 is 0 Å². The van der Waals surface area contributed by atoms with Crippen LogP contribution < -0.4 is 5.43 Å². The molecule has 0 aliphatic carbocycles. The number of hydrogen-bond donors (Lipinski definition) is 1. The molecule has 0 aromatic carbocycles. The molecule has 0 radical (unpaired) electrons. The first-order chi connectivity index (χ1) is 5.95. The highest BCUT2D eigenvalue weighted by Crippen LogP contribution is 2.26. The lowest BCUT2D eigenvalue weighted by atomic mass is 10.2. The minimum absolute atomic E-state index is 0.355. The van der Waals surface area contributed by atoms with Crippen LogP contribution in [0.25, 0.3) is 0 Å². The molecule has 2 nitrogen and oxygen atoms in total. The summed E-state index contributed by atoms with van der Waals surface area (Å²) in [4.78, 5) is 13.0. The zero-order valence-corrected chi connectivity index (χ0v) is 6.90. The van der Waals surface area contributed by atoms with Crippen LogP contribution in [0.4, 0.5) is 13.2 Å². The average Bonchev–Trinajstić information content (AvgIpc) is 2.02. The first-order valence-corrected chi connectivity index (χ1v) is 3.74. The van der Waals surface area contributed by atoms with Crippen molar-refractivity contribution >= 4 is 0 Å². The van der Waals surface area contributed by atoms with Crippen molar-refractivity contribution in [3.8, 4) is 0 Å². The van der Waals surface area contributed by atoms with E-state index in [2.05, 4.69) is 0 Å². The lowest BCUT2D eigenvalue weighted by Crippen LogP contribution is -2.15. The minimum Gasteiger partial charge on any atom is -0.357 e. The Balaban J connectivity index is 3.18. The number of alkyl halides is 3. The summed E-state index contributed by atoms with van der Waals surface area (Å²) in [7, 11) is 0. The molecule has 0 aliphatic rings. The van der Waals surface area contributed by atoms with Gasteiger partial charge in [-0.3, -0.25) is 4.79 Å². The second kappa shape index (κ2) is 3.24. The Bertz CT molecular complexity index is 353. The first-order valence-electron chi connectivity index (χ1n) is 3.74. The standard InChI is InChI=1S/C8H8F3NO/c1-2-5-4-12-7(3-6(5)13)8(9,10)11/h3-4H,2H2,1H3,(H,12,13). The van der Waals surface area contributed by atoms with Crippen molar-refractivity contribution in [1.29, 1.82) is 0 Å². The van der Waals surface area contributed by atoms with Gasteiger partial charge in [-0.25, -0.2) is 0 Å². The molecule has 0 saturated heterocycles. The normalized spacial score (nSPS) is 11.7. The average molecular weight is 191 g/mol. The van der Waals surface area contributed by atoms with Gasteiger partial charge in [0.2, 0.25) is 0 Å². The lowest BCUT2D eigenvalue weighted by Gasteiger charge is -2.06. The van der Waals surface area contributed by atoms with Gasteiger partial charge in [0, 0.05) is 17.8 Å². The van der Waals surface area contributed by atoms with Gasteiger partial charge in [-0.05, 0) is 6.42 Å². The van der Waals surface area contributed by atoms with Crippen molar-refractivity contribution < 1.29 is 13.2 Å². The van der Waals surface area contributed by atoms with Gasteiger partial charge in [0.25, 0.3) is 0 Å². The fourth-order valence-corrected chi connectivity index (χ4v) is 0.941. The van der Waals surface area contributed by atoms with Gasteiger partial charge in [0.15, 0.2) is 5.43 Å². The van der Waals surface area contributed by atoms with Gasteiger partial charge in [-0.1, -0.05) is 6.92 Å². The number of pyridine rings is 1. The third-order valence-electron chi connectivity index (χ3n) is 1.68. The predicted octanol–water partition coefficient (Wildman–Crippen LogP) is 1.96. The highest BCUT2D eigenvalue weighted by Gasteiger charge is 2.31. The third kappa shape index (κ3) is 2.11. The summed E-state index contributed by atoms with van der Waals surface area (Å²) in [5, 5.41) is 0. The van der Waals surface area contributed by atoms with Crippen molar-refractivity contribution in [3.63, 3.8) is 0 Å². The summed E-state index contributed by atoms with van der Waals surface area (Å²) in [6.45, 7) is 1.71. The smallest absolute Gasteiger partial charge is 0.357 e. The van der Waals surface area contributed by atoms with Crippen molar-refractivity contribution in [2.45, 2.75) is 19.5 Å². The quantitative estimate of drug-likeness (QED) is 0.723. The Morgan fingerprint density at radius 1 is 1.46 bits per heavy atom. The van der Waals surface area contributed by atoms with Crippen LogP contribution >= 0.6 is 0 Å². The van der Waals surface area contributed by atoms with E-state index in [1.54, 1.807) is 6.92 Å². The number of rotatable bonds is 1. The van der Waals surface area contributed by atoms with Gasteiger partial charge in [0.1, 0.15) is 5.69 Å². The molecule has 1 heterocycles. The van der Waals surface area contributed by atoms with E-state index in [1.807, 2.05) is 4.98 Å². The van der Waals surface area contributed by atoms with E-state index in [0.717, 1.165) is 6.20 Å². The van der Waals surface area contributed by atoms with Crippen molar-refractivity contribution in [2.24, 2.45) is 0 Å². The van der Waals surface area contributed by atoms with Crippen LogP contribution in [-0.2, 0) is 12.6 Å². The van der Waals surface area contributed by atoms with Gasteiger partial charge in [-0.2, -0.15) is 13.2 Å². The van der Waals surface area contributed by atoms with Crippen LogP contribution in [0, 0.1) is 0 Å². The molecule has 72 valence electrons. The molecule has 0 atom stereocenters. The molecule has 1 aromatic heterocycles. The van der Waals surface area contributed by atoms with E-state index < -0.39 is 17.3 Å². The van der Waals surface area contributed by atoms with Crippen LogP contribution in [0.15, 0.2) is 17.1 Å². The van der Waals surface area contributed by atoms with Crippen LogP contribution in [-0.4, -0.2) is 4.98 Å². The maximum absolute atomic E-state index is 12.0. The highest BCUT2D eigenvalue weighted by atomic mass is 19.4. The zero-order valence-electron chi connectivity index (χ0n) is 6.90. The molecule has 1 rings (SSSR count). The molecule has 13 heavy (non-hydrogen) atoms. The molecule has 1 N–H and O–H groups in total. The predicted molar refractivity (Wildman–Crippen MR) is 41.4 cm³/mol. The van der Waals surface area contributed by atoms with Crippen LogP contribution in [0.2, 0.25) is 0 Å². The van der Waals surface area contributed by atoms with Gasteiger partial charge < -0.3 is 4.98 Å². The van der Waals surface area contributed by atoms with E-state index in [1.165, 1.54) is 0 Å². The summed E-state index contributed by atoms with van der Waals surface area (Å²) >= 11 is 0. The fraction of sp³-hybridized carbons (Fsp3) is 0.375. The number of hydrogen-bond acceptors (Lipinski definition) is 1. The second-order valence-electron chi connectivity index (χ2n) is 2.59. The molecule has 0 amide bonds. The van der Waals surface area contributed by atoms with Crippen molar-refractivity contribution in [1.82, 2.24) is 4.98 Å². The number of aromatic nitrogens is 1. The third-order valence-corrected chi connectivity index (χ3v) is 1.68. The number of aryl methyl sites for hydroxylation is 1. The summed E-state index contributed by atoms with van der Waals surface area (Å²) in [5.41, 5.74) is -1.23. The minimum atomic E-state index is -4.48. The maximum Gasteiger partial charge on any atom is 0.431 e. The molecule has 1 aromatic rings. The summed E-state index contributed by atoms with van der Waals surface area (Å²) in [5.74, 6) is 0. The molecule has 5 heteroatoms. The fourth-order valence-electron chi connectivity index (χ4n) is 0.941. The molecular weight excluding hydrogens is 183 g/mol. The monoisotopic (exact) mass is 191 g/mol. The van der Waals surface area contributed by atoms with Crippen LogP contribution in [0.3, 0.4) is 0 Å². The summed E-state index contributed by atoms with van der Waals surface area (Å²) in [6.07, 6.45) is -2.95. The SMILES string of the molecule is CCc1c[nH]c(C(F)(F)F)cc1=O. The summed E-state index contributed by atoms with van der Waals surface area (Å²) in [6, 6.07) is 0.582. The topological polar surface area (TPSA) is 32.9 Å². The molecule has 0 unspecified atom stereocenters. The lowest BCUT2D eigenvalue weighted by molar-refractivity contribution is -0.141. The number of nitrogens with one attached hydrogen (secondary N) is 1. The molecule has 0 saturated carbocycles. The van der Waals surface area contributed by atoms with Crippen molar-refractivity contribution in [3.05, 3.63) is 33.7 Å². The van der Waals surface area contributed by atoms with Crippen LogP contribution in [0.5, 0.6) is 0 Å². The number of H-pyrrole nitrogens is 1. The Morgan fingerprint density at radius 2 is 2.08 bits per heavy atom. The Labute approximate surface area is 72.4 Å². The number of aromatic amines is 1.